The van der Waals surface area contributed by atoms with Crippen LogP contribution in [-0.2, 0) is 14.3 Å². The summed E-state index contributed by atoms with van der Waals surface area (Å²) in [5.41, 5.74) is 0. The van der Waals surface area contributed by atoms with Crippen LogP contribution in [0.1, 0.15) is 19.8 Å². The molecule has 17 heavy (non-hydrogen) atoms. The zero-order valence-electron chi connectivity index (χ0n) is 10.7. The smallest absolute Gasteiger partial charge is 0.332 e. The molecule has 2 atom stereocenters. The Hall–Kier alpha value is -0.650. The molecule has 1 heterocycles. The Morgan fingerprint density at radius 3 is 2.94 bits per heavy atom. The lowest BCUT2D eigenvalue weighted by molar-refractivity contribution is -0.150. The first kappa shape index (κ1) is 14.4. The van der Waals surface area contributed by atoms with E-state index in [1.165, 1.54) is 0 Å². The molecular formula is C12H23NO4. The van der Waals surface area contributed by atoms with Crippen LogP contribution in [0.2, 0.25) is 0 Å². The highest BCUT2D eigenvalue weighted by Crippen LogP contribution is 2.17. The zero-order valence-corrected chi connectivity index (χ0v) is 10.7. The standard InChI is InChI=1S/C12H23NO4/c1-3-17-11(12(14)15)5-7-13-6-4-10(8-13)9-16-2/h10-11H,3-9H2,1-2H3,(H,14,15). The topological polar surface area (TPSA) is 59.0 Å². The first-order valence-corrected chi connectivity index (χ1v) is 6.23. The number of carboxylic acid groups (broad SMARTS) is 1. The molecule has 0 aromatic rings. The number of ether oxygens (including phenoxy) is 2. The first-order chi connectivity index (χ1) is 8.17. The molecule has 0 aliphatic carbocycles. The van der Waals surface area contributed by atoms with Crippen LogP contribution < -0.4 is 0 Å². The zero-order chi connectivity index (χ0) is 12.7. The third kappa shape index (κ3) is 5.02. The summed E-state index contributed by atoms with van der Waals surface area (Å²) in [7, 11) is 1.72. The molecule has 1 N–H and O–H groups in total. The van der Waals surface area contributed by atoms with Gasteiger partial charge in [0.2, 0.25) is 0 Å². The van der Waals surface area contributed by atoms with Gasteiger partial charge < -0.3 is 19.5 Å². The lowest BCUT2D eigenvalue weighted by atomic mass is 10.1. The molecule has 0 amide bonds. The SMILES string of the molecule is CCOC(CCN1CCC(COC)C1)C(=O)O. The number of carboxylic acids is 1. The van der Waals surface area contributed by atoms with E-state index < -0.39 is 12.1 Å². The fraction of sp³-hybridized carbons (Fsp3) is 0.917. The largest absolute Gasteiger partial charge is 0.479 e. The third-order valence-corrected chi connectivity index (χ3v) is 3.12. The van der Waals surface area contributed by atoms with Crippen molar-refractivity contribution in [1.29, 1.82) is 0 Å². The lowest BCUT2D eigenvalue weighted by Gasteiger charge is -2.18. The molecule has 1 saturated heterocycles. The van der Waals surface area contributed by atoms with Gasteiger partial charge in [-0.25, -0.2) is 4.79 Å². The van der Waals surface area contributed by atoms with Crippen LogP contribution in [0.25, 0.3) is 0 Å². The van der Waals surface area contributed by atoms with Crippen molar-refractivity contribution in [1.82, 2.24) is 4.90 Å². The molecule has 0 saturated carbocycles. The Kier molecular flexibility index (Phi) is 6.47. The molecule has 5 nitrogen and oxygen atoms in total. The summed E-state index contributed by atoms with van der Waals surface area (Å²) in [6.45, 7) is 5.89. The molecule has 100 valence electrons. The first-order valence-electron chi connectivity index (χ1n) is 6.23. The van der Waals surface area contributed by atoms with Gasteiger partial charge in [-0.05, 0) is 32.2 Å². The number of rotatable bonds is 8. The van der Waals surface area contributed by atoms with Crippen molar-refractivity contribution in [3.63, 3.8) is 0 Å². The van der Waals surface area contributed by atoms with Gasteiger partial charge in [-0.3, -0.25) is 0 Å². The van der Waals surface area contributed by atoms with Gasteiger partial charge in [-0.15, -0.1) is 0 Å². The van der Waals surface area contributed by atoms with Crippen molar-refractivity contribution >= 4 is 5.97 Å². The number of aliphatic carboxylic acids is 1. The maximum atomic E-state index is 10.9. The van der Waals surface area contributed by atoms with Gasteiger partial charge in [-0.2, -0.15) is 0 Å². The van der Waals surface area contributed by atoms with E-state index in [0.29, 0.717) is 18.9 Å². The van der Waals surface area contributed by atoms with Crippen LogP contribution in [-0.4, -0.2) is 62.0 Å². The minimum atomic E-state index is -0.862. The van der Waals surface area contributed by atoms with Gasteiger partial charge in [-0.1, -0.05) is 0 Å². The summed E-state index contributed by atoms with van der Waals surface area (Å²) in [5.74, 6) is -0.269. The third-order valence-electron chi connectivity index (χ3n) is 3.12. The Balaban J connectivity index is 2.23. The normalized spacial score (nSPS) is 22.8. The maximum absolute atomic E-state index is 10.9. The molecule has 0 aromatic carbocycles. The predicted octanol–water partition coefficient (Wildman–Crippen LogP) is 0.835. The van der Waals surface area contributed by atoms with Gasteiger partial charge in [0.25, 0.3) is 0 Å². The minimum absolute atomic E-state index is 0.448. The van der Waals surface area contributed by atoms with Crippen molar-refractivity contribution in [3.05, 3.63) is 0 Å². The molecule has 2 unspecified atom stereocenters. The van der Waals surface area contributed by atoms with Crippen molar-refractivity contribution in [2.24, 2.45) is 5.92 Å². The van der Waals surface area contributed by atoms with Gasteiger partial charge >= 0.3 is 5.97 Å². The minimum Gasteiger partial charge on any atom is -0.479 e. The predicted molar refractivity (Wildman–Crippen MR) is 64.1 cm³/mol. The Morgan fingerprint density at radius 2 is 2.35 bits per heavy atom. The van der Waals surface area contributed by atoms with Crippen LogP contribution >= 0.6 is 0 Å². The van der Waals surface area contributed by atoms with Crippen molar-refractivity contribution in [2.75, 3.05) is 40.0 Å². The number of nitrogens with zero attached hydrogens (tertiary/aromatic N) is 1. The summed E-state index contributed by atoms with van der Waals surface area (Å²) in [6, 6.07) is 0. The van der Waals surface area contributed by atoms with Crippen molar-refractivity contribution in [2.45, 2.75) is 25.9 Å². The molecule has 1 aliphatic heterocycles. The quantitative estimate of drug-likeness (QED) is 0.686. The molecule has 1 rings (SSSR count). The summed E-state index contributed by atoms with van der Waals surface area (Å²) in [5, 5.41) is 8.95. The Labute approximate surface area is 103 Å². The molecular weight excluding hydrogens is 222 g/mol. The van der Waals surface area contributed by atoms with Crippen LogP contribution in [0.4, 0.5) is 0 Å². The van der Waals surface area contributed by atoms with E-state index in [-0.39, 0.29) is 0 Å². The van der Waals surface area contributed by atoms with Crippen LogP contribution in [0, 0.1) is 5.92 Å². The maximum Gasteiger partial charge on any atom is 0.332 e. The summed E-state index contributed by atoms with van der Waals surface area (Å²) in [4.78, 5) is 13.2. The van der Waals surface area contributed by atoms with E-state index in [1.54, 1.807) is 7.11 Å². The van der Waals surface area contributed by atoms with Crippen molar-refractivity contribution in [3.8, 4) is 0 Å². The molecule has 0 spiro atoms. The van der Waals surface area contributed by atoms with Gasteiger partial charge in [0.1, 0.15) is 0 Å². The fourth-order valence-corrected chi connectivity index (χ4v) is 2.27. The molecule has 0 bridgehead atoms. The molecule has 0 radical (unpaired) electrons. The molecule has 5 heteroatoms. The average Bonchev–Trinajstić information content (AvgIpc) is 2.72. The summed E-state index contributed by atoms with van der Waals surface area (Å²) < 4.78 is 10.3. The number of carbonyl (C=O) groups is 1. The number of hydrogen-bond donors (Lipinski definition) is 1. The van der Waals surface area contributed by atoms with Crippen molar-refractivity contribution < 1.29 is 19.4 Å². The fourth-order valence-electron chi connectivity index (χ4n) is 2.27. The highest BCUT2D eigenvalue weighted by Gasteiger charge is 2.24. The average molecular weight is 245 g/mol. The summed E-state index contributed by atoms with van der Waals surface area (Å²) in [6.07, 6.45) is 1.03. The Morgan fingerprint density at radius 1 is 1.59 bits per heavy atom. The second kappa shape index (κ2) is 7.63. The van der Waals surface area contributed by atoms with Crippen LogP contribution in [0.5, 0.6) is 0 Å². The van der Waals surface area contributed by atoms with E-state index in [9.17, 15) is 4.79 Å². The van der Waals surface area contributed by atoms with E-state index in [0.717, 1.165) is 32.7 Å². The monoisotopic (exact) mass is 245 g/mol. The molecule has 1 aliphatic rings. The molecule has 1 fully saturated rings. The van der Waals surface area contributed by atoms with Gasteiger partial charge in [0.05, 0.1) is 6.61 Å². The van der Waals surface area contributed by atoms with Gasteiger partial charge in [0, 0.05) is 26.8 Å². The highest BCUT2D eigenvalue weighted by atomic mass is 16.5. The lowest BCUT2D eigenvalue weighted by Crippen LogP contribution is -2.31. The summed E-state index contributed by atoms with van der Waals surface area (Å²) >= 11 is 0. The number of likely N-dealkylation sites (tertiary alicyclic amines) is 1. The van der Waals surface area contributed by atoms with Crippen LogP contribution in [0.15, 0.2) is 0 Å². The number of methoxy groups -OCH3 is 1. The second-order valence-electron chi connectivity index (χ2n) is 4.48. The van der Waals surface area contributed by atoms with E-state index >= 15 is 0 Å². The van der Waals surface area contributed by atoms with Gasteiger partial charge in [0.15, 0.2) is 6.10 Å². The van der Waals surface area contributed by atoms with Crippen LogP contribution in [0.3, 0.4) is 0 Å². The van der Waals surface area contributed by atoms with E-state index in [2.05, 4.69) is 4.90 Å². The Bertz CT molecular complexity index is 235. The highest BCUT2D eigenvalue weighted by molar-refractivity contribution is 5.72. The molecule has 0 aromatic heterocycles. The second-order valence-corrected chi connectivity index (χ2v) is 4.48. The van der Waals surface area contributed by atoms with E-state index in [1.807, 2.05) is 6.92 Å². The number of hydrogen-bond acceptors (Lipinski definition) is 4. The van der Waals surface area contributed by atoms with E-state index in [4.69, 9.17) is 14.6 Å².